The van der Waals surface area contributed by atoms with Gasteiger partial charge in [0, 0.05) is 12.1 Å². The van der Waals surface area contributed by atoms with Crippen LogP contribution in [-0.2, 0) is 6.18 Å². The Kier molecular flexibility index (Phi) is 3.29. The molecule has 2 nitrogen and oxygen atoms in total. The van der Waals surface area contributed by atoms with Gasteiger partial charge in [-0.1, -0.05) is 23.3 Å². The van der Waals surface area contributed by atoms with Crippen molar-refractivity contribution in [2.75, 3.05) is 0 Å². The van der Waals surface area contributed by atoms with Gasteiger partial charge in [0.2, 0.25) is 0 Å². The van der Waals surface area contributed by atoms with Crippen LogP contribution in [-0.4, -0.2) is 22.9 Å². The van der Waals surface area contributed by atoms with E-state index in [0.29, 0.717) is 0 Å². The van der Waals surface area contributed by atoms with Crippen LogP contribution in [0.15, 0.2) is 35.4 Å². The molecule has 5 heteroatoms. The van der Waals surface area contributed by atoms with Crippen molar-refractivity contribution in [3.8, 4) is 0 Å². The van der Waals surface area contributed by atoms with Crippen LogP contribution in [0.1, 0.15) is 54.4 Å². The second-order valence-corrected chi connectivity index (χ2v) is 6.76. The maximum atomic E-state index is 13.2. The van der Waals surface area contributed by atoms with Gasteiger partial charge in [-0.15, -0.1) is 0 Å². The first-order chi connectivity index (χ1) is 10.9. The second-order valence-electron chi connectivity index (χ2n) is 6.76. The van der Waals surface area contributed by atoms with Crippen molar-refractivity contribution in [1.82, 2.24) is 4.90 Å². The van der Waals surface area contributed by atoms with Gasteiger partial charge in [0.15, 0.2) is 0 Å². The first-order valence-electron chi connectivity index (χ1n) is 8.14. The normalized spacial score (nSPS) is 26.7. The van der Waals surface area contributed by atoms with Gasteiger partial charge in [0.05, 0.1) is 11.1 Å². The molecular weight excluding hydrogens is 303 g/mol. The van der Waals surface area contributed by atoms with E-state index in [-0.39, 0.29) is 17.6 Å². The third-order valence-electron chi connectivity index (χ3n) is 5.28. The summed E-state index contributed by atoms with van der Waals surface area (Å²) in [5, 5.41) is 0. The number of carbonyl (C=O) groups excluding carboxylic acids is 1. The SMILES string of the molecule is O=C(c1ccccc1C(F)(F)F)N1C2CCC1CC(=C1CC1)C2. The highest BCUT2D eigenvalue weighted by atomic mass is 19.4. The number of nitrogens with zero attached hydrogens (tertiary/aromatic N) is 1. The van der Waals surface area contributed by atoms with Crippen molar-refractivity contribution in [3.05, 3.63) is 46.5 Å². The number of halogens is 3. The number of hydrogen-bond donors (Lipinski definition) is 0. The highest BCUT2D eigenvalue weighted by molar-refractivity contribution is 5.96. The van der Waals surface area contributed by atoms with Crippen molar-refractivity contribution in [2.45, 2.75) is 56.8 Å². The molecule has 2 unspecified atom stereocenters. The van der Waals surface area contributed by atoms with Crippen molar-refractivity contribution in [3.63, 3.8) is 0 Å². The third-order valence-corrected chi connectivity index (χ3v) is 5.28. The number of fused-ring (bicyclic) bond motifs is 2. The van der Waals surface area contributed by atoms with E-state index in [2.05, 4.69) is 0 Å². The molecular formula is C18H18F3NO. The van der Waals surface area contributed by atoms with E-state index in [1.54, 1.807) is 4.90 Å². The number of hydrogen-bond acceptors (Lipinski definition) is 1. The summed E-state index contributed by atoms with van der Waals surface area (Å²) < 4.78 is 39.6. The lowest BCUT2D eigenvalue weighted by atomic mass is 9.94. The molecule has 1 aromatic rings. The summed E-state index contributed by atoms with van der Waals surface area (Å²) in [4.78, 5) is 14.6. The Morgan fingerprint density at radius 1 is 1.00 bits per heavy atom. The molecule has 3 fully saturated rings. The molecule has 2 bridgehead atoms. The lowest BCUT2D eigenvalue weighted by Gasteiger charge is -2.37. The van der Waals surface area contributed by atoms with Crippen LogP contribution < -0.4 is 0 Å². The Morgan fingerprint density at radius 3 is 2.17 bits per heavy atom. The van der Waals surface area contributed by atoms with E-state index < -0.39 is 17.6 Å². The largest absolute Gasteiger partial charge is 0.417 e. The van der Waals surface area contributed by atoms with E-state index >= 15 is 0 Å². The lowest BCUT2D eigenvalue weighted by Crippen LogP contribution is -2.45. The first-order valence-corrected chi connectivity index (χ1v) is 8.14. The first kappa shape index (κ1) is 14.8. The molecule has 23 heavy (non-hydrogen) atoms. The number of rotatable bonds is 1. The molecule has 4 rings (SSSR count). The van der Waals surface area contributed by atoms with Gasteiger partial charge in [-0.2, -0.15) is 13.2 Å². The predicted molar refractivity (Wildman–Crippen MR) is 79.9 cm³/mol. The average Bonchev–Trinajstić information content (AvgIpc) is 3.32. The summed E-state index contributed by atoms with van der Waals surface area (Å²) in [6.07, 6.45) is 1.35. The minimum Gasteiger partial charge on any atom is -0.332 e. The number of carbonyl (C=O) groups is 1. The standard InChI is InChI=1S/C18H18F3NO/c19-18(20,21)16-4-2-1-3-15(16)17(23)22-13-7-8-14(22)10-12(9-13)11-5-6-11/h1-4,13-14H,5-10H2. The van der Waals surface area contributed by atoms with E-state index in [1.807, 2.05) is 0 Å². The van der Waals surface area contributed by atoms with Gasteiger partial charge in [-0.3, -0.25) is 4.79 Å². The summed E-state index contributed by atoms with van der Waals surface area (Å²) in [6, 6.07) is 5.29. The molecule has 1 aliphatic carbocycles. The Hall–Kier alpha value is -1.78. The summed E-state index contributed by atoms with van der Waals surface area (Å²) in [7, 11) is 0. The number of alkyl halides is 3. The molecule has 2 atom stereocenters. The monoisotopic (exact) mass is 321 g/mol. The zero-order chi connectivity index (χ0) is 16.2. The quantitative estimate of drug-likeness (QED) is 0.694. The molecule has 2 heterocycles. The molecule has 0 spiro atoms. The molecule has 1 amide bonds. The van der Waals surface area contributed by atoms with Crippen LogP contribution in [0.2, 0.25) is 0 Å². The fourth-order valence-electron chi connectivity index (χ4n) is 4.11. The highest BCUT2D eigenvalue weighted by Gasteiger charge is 2.44. The minimum atomic E-state index is -4.50. The molecule has 3 aliphatic rings. The van der Waals surface area contributed by atoms with E-state index in [9.17, 15) is 18.0 Å². The average molecular weight is 321 g/mol. The zero-order valence-corrected chi connectivity index (χ0v) is 12.7. The molecule has 0 radical (unpaired) electrons. The fourth-order valence-corrected chi connectivity index (χ4v) is 4.11. The van der Waals surface area contributed by atoms with Crippen LogP contribution in [0.25, 0.3) is 0 Å². The van der Waals surface area contributed by atoms with Gasteiger partial charge in [-0.25, -0.2) is 0 Å². The van der Waals surface area contributed by atoms with Gasteiger partial charge >= 0.3 is 6.18 Å². The maximum Gasteiger partial charge on any atom is 0.417 e. The molecule has 2 aliphatic heterocycles. The Balaban J connectivity index is 1.65. The maximum absolute atomic E-state index is 13.2. The zero-order valence-electron chi connectivity index (χ0n) is 12.7. The summed E-state index contributed by atoms with van der Waals surface area (Å²) >= 11 is 0. The number of allylic oxidation sites excluding steroid dienone is 1. The molecule has 1 saturated carbocycles. The van der Waals surface area contributed by atoms with Gasteiger partial charge in [-0.05, 0) is 50.7 Å². The van der Waals surface area contributed by atoms with Crippen LogP contribution in [0.3, 0.4) is 0 Å². The molecule has 2 saturated heterocycles. The second kappa shape index (κ2) is 5.11. The highest BCUT2D eigenvalue weighted by Crippen LogP contribution is 2.45. The molecule has 0 aromatic heterocycles. The molecule has 0 N–H and O–H groups in total. The number of amides is 1. The third kappa shape index (κ3) is 2.56. The smallest absolute Gasteiger partial charge is 0.332 e. The van der Waals surface area contributed by atoms with E-state index in [0.717, 1.165) is 31.7 Å². The van der Waals surface area contributed by atoms with E-state index in [1.165, 1.54) is 42.2 Å². The van der Waals surface area contributed by atoms with Crippen molar-refractivity contribution in [1.29, 1.82) is 0 Å². The number of piperidine rings is 1. The van der Waals surface area contributed by atoms with Crippen molar-refractivity contribution >= 4 is 5.91 Å². The van der Waals surface area contributed by atoms with Gasteiger partial charge < -0.3 is 4.90 Å². The van der Waals surface area contributed by atoms with Crippen molar-refractivity contribution in [2.24, 2.45) is 0 Å². The van der Waals surface area contributed by atoms with E-state index in [4.69, 9.17) is 0 Å². The van der Waals surface area contributed by atoms with Gasteiger partial charge in [0.1, 0.15) is 0 Å². The topological polar surface area (TPSA) is 20.3 Å². The van der Waals surface area contributed by atoms with Crippen molar-refractivity contribution < 1.29 is 18.0 Å². The lowest BCUT2D eigenvalue weighted by molar-refractivity contribution is -0.138. The van der Waals surface area contributed by atoms with Crippen LogP contribution in [0, 0.1) is 0 Å². The summed E-state index contributed by atoms with van der Waals surface area (Å²) in [5.74, 6) is -0.453. The number of benzene rings is 1. The predicted octanol–water partition coefficient (Wildman–Crippen LogP) is 4.56. The van der Waals surface area contributed by atoms with Crippen LogP contribution in [0.5, 0.6) is 0 Å². The Morgan fingerprint density at radius 2 is 1.61 bits per heavy atom. The molecule has 1 aromatic carbocycles. The fraction of sp³-hybridized carbons (Fsp3) is 0.500. The summed E-state index contributed by atoms with van der Waals surface area (Å²) in [6.45, 7) is 0. The van der Waals surface area contributed by atoms with Crippen LogP contribution >= 0.6 is 0 Å². The van der Waals surface area contributed by atoms with Crippen LogP contribution in [0.4, 0.5) is 13.2 Å². The molecule has 122 valence electrons. The summed E-state index contributed by atoms with van der Waals surface area (Å²) in [5.41, 5.74) is 1.95. The van der Waals surface area contributed by atoms with Gasteiger partial charge in [0.25, 0.3) is 5.91 Å². The Bertz CT molecular complexity index is 670. The minimum absolute atomic E-state index is 0.0747. The Labute approximate surface area is 133 Å².